The maximum absolute atomic E-state index is 12.1. The Kier molecular flexibility index (Phi) is 6.12. The van der Waals surface area contributed by atoms with Gasteiger partial charge in [0.1, 0.15) is 0 Å². The van der Waals surface area contributed by atoms with E-state index >= 15 is 0 Å². The fraction of sp³-hybridized carbons (Fsp3) is 0.462. The first-order valence-electron chi connectivity index (χ1n) is 5.93. The highest BCUT2D eigenvalue weighted by Gasteiger charge is 2.20. The fourth-order valence-electron chi connectivity index (χ4n) is 2.13. The molecular weight excluding hydrogens is 316 g/mol. The van der Waals surface area contributed by atoms with E-state index < -0.39 is 0 Å². The molecule has 3 nitrogen and oxygen atoms in total. The number of carbonyl (C=O) groups is 1. The van der Waals surface area contributed by atoms with Crippen molar-refractivity contribution < 1.29 is 4.79 Å². The molecule has 1 amide bonds. The number of likely N-dealkylation sites (tertiary alicyclic amines) is 1. The van der Waals surface area contributed by atoms with E-state index in [1.807, 2.05) is 29.2 Å². The molecule has 2 N–H and O–H groups in total. The number of carbonyl (C=O) groups excluding carboxylic acids is 1. The van der Waals surface area contributed by atoms with Crippen LogP contribution in [0.25, 0.3) is 0 Å². The van der Waals surface area contributed by atoms with Crippen molar-refractivity contribution in [2.75, 3.05) is 13.1 Å². The van der Waals surface area contributed by atoms with E-state index in [0.717, 1.165) is 29.4 Å². The Morgan fingerprint density at radius 3 is 2.67 bits per heavy atom. The molecule has 1 aromatic rings. The SMILES string of the molecule is Cl.N[C@@H]1CCCN(C(=O)Cc2ccc(Br)cc2)C1. The summed E-state index contributed by atoms with van der Waals surface area (Å²) < 4.78 is 1.04. The zero-order chi connectivity index (χ0) is 12.3. The number of hydrogen-bond donors (Lipinski definition) is 1. The Hall–Kier alpha value is -0.580. The number of hydrogen-bond acceptors (Lipinski definition) is 2. The van der Waals surface area contributed by atoms with Gasteiger partial charge in [0.2, 0.25) is 5.91 Å². The predicted octanol–water partition coefficient (Wildman–Crippen LogP) is 2.36. The van der Waals surface area contributed by atoms with Gasteiger partial charge in [-0.25, -0.2) is 0 Å². The fourth-order valence-corrected chi connectivity index (χ4v) is 2.39. The van der Waals surface area contributed by atoms with Crippen LogP contribution in [0, 0.1) is 0 Å². The highest BCUT2D eigenvalue weighted by atomic mass is 79.9. The van der Waals surface area contributed by atoms with Crippen molar-refractivity contribution in [2.24, 2.45) is 5.73 Å². The molecule has 0 unspecified atom stereocenters. The molecule has 0 aromatic heterocycles. The molecular formula is C13H18BrClN2O. The lowest BCUT2D eigenvalue weighted by Crippen LogP contribution is -2.46. The summed E-state index contributed by atoms with van der Waals surface area (Å²) in [5.74, 6) is 0.183. The summed E-state index contributed by atoms with van der Waals surface area (Å²) in [6.45, 7) is 1.55. The Morgan fingerprint density at radius 2 is 2.06 bits per heavy atom. The van der Waals surface area contributed by atoms with Crippen molar-refractivity contribution in [3.63, 3.8) is 0 Å². The highest BCUT2D eigenvalue weighted by molar-refractivity contribution is 9.10. The minimum Gasteiger partial charge on any atom is -0.341 e. The monoisotopic (exact) mass is 332 g/mol. The molecule has 1 heterocycles. The van der Waals surface area contributed by atoms with Gasteiger partial charge in [0.05, 0.1) is 6.42 Å². The first-order valence-corrected chi connectivity index (χ1v) is 6.72. The molecule has 18 heavy (non-hydrogen) atoms. The van der Waals surface area contributed by atoms with Crippen LogP contribution in [-0.2, 0) is 11.2 Å². The van der Waals surface area contributed by atoms with E-state index in [-0.39, 0.29) is 24.4 Å². The average Bonchev–Trinajstić information content (AvgIpc) is 2.32. The van der Waals surface area contributed by atoms with Gasteiger partial charge in [-0.3, -0.25) is 4.79 Å². The standard InChI is InChI=1S/C13H17BrN2O.ClH/c14-11-5-3-10(4-6-11)8-13(17)16-7-1-2-12(15)9-16;/h3-6,12H,1-2,7-9,15H2;1H/t12-;/m1./s1. The lowest BCUT2D eigenvalue weighted by Gasteiger charge is -2.30. The van der Waals surface area contributed by atoms with Gasteiger partial charge >= 0.3 is 0 Å². The average molecular weight is 334 g/mol. The first-order chi connectivity index (χ1) is 8.15. The van der Waals surface area contributed by atoms with Gasteiger partial charge in [-0.15, -0.1) is 12.4 Å². The lowest BCUT2D eigenvalue weighted by atomic mass is 10.1. The summed E-state index contributed by atoms with van der Waals surface area (Å²) in [6.07, 6.45) is 2.52. The number of nitrogens with zero attached hydrogens (tertiary/aromatic N) is 1. The molecule has 1 fully saturated rings. The van der Waals surface area contributed by atoms with Crippen LogP contribution in [0.15, 0.2) is 28.7 Å². The van der Waals surface area contributed by atoms with E-state index in [9.17, 15) is 4.79 Å². The van der Waals surface area contributed by atoms with Gasteiger partial charge in [0.25, 0.3) is 0 Å². The molecule has 0 spiro atoms. The first kappa shape index (κ1) is 15.5. The van der Waals surface area contributed by atoms with Crippen LogP contribution in [0.1, 0.15) is 18.4 Å². The maximum atomic E-state index is 12.1. The summed E-state index contributed by atoms with van der Waals surface area (Å²) >= 11 is 3.38. The topological polar surface area (TPSA) is 46.3 Å². The summed E-state index contributed by atoms with van der Waals surface area (Å²) in [5, 5.41) is 0. The van der Waals surface area contributed by atoms with Gasteiger partial charge < -0.3 is 10.6 Å². The zero-order valence-corrected chi connectivity index (χ0v) is 12.5. The van der Waals surface area contributed by atoms with E-state index in [1.54, 1.807) is 0 Å². The minimum atomic E-state index is 0. The molecule has 2 rings (SSSR count). The Labute approximate surface area is 122 Å². The van der Waals surface area contributed by atoms with Crippen LogP contribution in [0.5, 0.6) is 0 Å². The third-order valence-corrected chi connectivity index (χ3v) is 3.61. The molecule has 100 valence electrons. The molecule has 1 aliphatic heterocycles. The van der Waals surface area contributed by atoms with Crippen LogP contribution < -0.4 is 5.73 Å². The van der Waals surface area contributed by atoms with E-state index in [1.165, 1.54) is 0 Å². The summed E-state index contributed by atoms with van der Waals surface area (Å²) in [4.78, 5) is 13.9. The molecule has 0 radical (unpaired) electrons. The van der Waals surface area contributed by atoms with Gasteiger partial charge in [-0.05, 0) is 30.5 Å². The van der Waals surface area contributed by atoms with Gasteiger partial charge in [0, 0.05) is 23.6 Å². The molecule has 0 saturated carbocycles. The summed E-state index contributed by atoms with van der Waals surface area (Å²) in [6, 6.07) is 8.03. The van der Waals surface area contributed by atoms with Gasteiger partial charge in [-0.2, -0.15) is 0 Å². The van der Waals surface area contributed by atoms with Crippen molar-refractivity contribution in [1.82, 2.24) is 4.90 Å². The highest BCUT2D eigenvalue weighted by Crippen LogP contribution is 2.13. The van der Waals surface area contributed by atoms with Crippen molar-refractivity contribution >= 4 is 34.2 Å². The smallest absolute Gasteiger partial charge is 0.227 e. The molecule has 0 aliphatic carbocycles. The molecule has 1 saturated heterocycles. The van der Waals surface area contributed by atoms with Crippen molar-refractivity contribution in [3.05, 3.63) is 34.3 Å². The zero-order valence-electron chi connectivity index (χ0n) is 10.1. The molecule has 1 aromatic carbocycles. The number of amides is 1. The Bertz CT molecular complexity index is 396. The normalized spacial score (nSPS) is 19.2. The van der Waals surface area contributed by atoms with Crippen LogP contribution in [0.2, 0.25) is 0 Å². The van der Waals surface area contributed by atoms with Crippen LogP contribution in [0.3, 0.4) is 0 Å². The van der Waals surface area contributed by atoms with Crippen molar-refractivity contribution in [1.29, 1.82) is 0 Å². The van der Waals surface area contributed by atoms with E-state index in [2.05, 4.69) is 15.9 Å². The number of nitrogens with two attached hydrogens (primary N) is 1. The molecule has 5 heteroatoms. The Balaban J connectivity index is 0.00000162. The van der Waals surface area contributed by atoms with Crippen LogP contribution in [-0.4, -0.2) is 29.9 Å². The third-order valence-electron chi connectivity index (χ3n) is 3.08. The molecule has 1 atom stereocenters. The largest absolute Gasteiger partial charge is 0.341 e. The summed E-state index contributed by atoms with van der Waals surface area (Å²) in [7, 11) is 0. The summed E-state index contributed by atoms with van der Waals surface area (Å²) in [5.41, 5.74) is 6.93. The van der Waals surface area contributed by atoms with E-state index in [0.29, 0.717) is 13.0 Å². The predicted molar refractivity (Wildman–Crippen MR) is 78.9 cm³/mol. The van der Waals surface area contributed by atoms with Crippen molar-refractivity contribution in [2.45, 2.75) is 25.3 Å². The van der Waals surface area contributed by atoms with Gasteiger partial charge in [-0.1, -0.05) is 28.1 Å². The van der Waals surface area contributed by atoms with E-state index in [4.69, 9.17) is 5.73 Å². The lowest BCUT2D eigenvalue weighted by molar-refractivity contribution is -0.131. The number of rotatable bonds is 2. The Morgan fingerprint density at radius 1 is 1.39 bits per heavy atom. The van der Waals surface area contributed by atoms with Crippen LogP contribution >= 0.6 is 28.3 Å². The molecule has 1 aliphatic rings. The van der Waals surface area contributed by atoms with Crippen molar-refractivity contribution in [3.8, 4) is 0 Å². The molecule has 0 bridgehead atoms. The number of piperidine rings is 1. The maximum Gasteiger partial charge on any atom is 0.227 e. The van der Waals surface area contributed by atoms with Gasteiger partial charge in [0.15, 0.2) is 0 Å². The second-order valence-corrected chi connectivity index (χ2v) is 5.46. The minimum absolute atomic E-state index is 0. The van der Waals surface area contributed by atoms with Crippen LogP contribution in [0.4, 0.5) is 0 Å². The number of benzene rings is 1. The number of halogens is 2. The third kappa shape index (κ3) is 4.26. The quantitative estimate of drug-likeness (QED) is 0.903. The second kappa shape index (κ2) is 7.12. The second-order valence-electron chi connectivity index (χ2n) is 4.55.